The summed E-state index contributed by atoms with van der Waals surface area (Å²) in [5, 5.41) is 9.05. The lowest BCUT2D eigenvalue weighted by Gasteiger charge is -2.12. The summed E-state index contributed by atoms with van der Waals surface area (Å²) in [4.78, 5) is 11.5. The second kappa shape index (κ2) is 5.25. The first-order chi connectivity index (χ1) is 8.16. The molecule has 4 nitrogen and oxygen atoms in total. The minimum absolute atomic E-state index is 0.0758. The van der Waals surface area contributed by atoms with Gasteiger partial charge in [0.05, 0.1) is 5.56 Å². The molecule has 3 atom stereocenters. The van der Waals surface area contributed by atoms with Gasteiger partial charge in [-0.05, 0) is 12.1 Å². The monoisotopic (exact) mass is 240 g/mol. The maximum Gasteiger partial charge on any atom is 0.338 e. The van der Waals surface area contributed by atoms with Crippen LogP contribution in [0.2, 0.25) is 0 Å². The lowest BCUT2D eigenvalue weighted by Crippen LogP contribution is -2.25. The number of benzene rings is 1. The molecule has 1 heterocycles. The molecule has 0 aromatic heterocycles. The fourth-order valence-corrected chi connectivity index (χ4v) is 1.65. The highest BCUT2D eigenvalue weighted by atomic mass is 19.1. The number of esters is 1. The summed E-state index contributed by atoms with van der Waals surface area (Å²) in [6.07, 6.45) is -3.36. The molecule has 1 aliphatic heterocycles. The van der Waals surface area contributed by atoms with Crippen molar-refractivity contribution in [3.8, 4) is 0 Å². The Morgan fingerprint density at radius 1 is 1.47 bits per heavy atom. The number of rotatable bonds is 3. The Labute approximate surface area is 98.0 Å². The zero-order chi connectivity index (χ0) is 12.3. The average Bonchev–Trinajstić information content (AvgIpc) is 2.66. The molecule has 1 unspecified atom stereocenters. The van der Waals surface area contributed by atoms with Gasteiger partial charge in [0, 0.05) is 6.42 Å². The molecule has 92 valence electrons. The number of hydrogen-bond donors (Lipinski definition) is 1. The van der Waals surface area contributed by atoms with E-state index in [0.717, 1.165) is 0 Å². The first kappa shape index (κ1) is 12.0. The van der Waals surface area contributed by atoms with E-state index in [9.17, 15) is 9.18 Å². The Bertz CT molecular complexity index is 381. The number of aliphatic hydroxyl groups is 1. The van der Waals surface area contributed by atoms with E-state index in [-0.39, 0.29) is 13.0 Å². The Morgan fingerprint density at radius 3 is 2.76 bits per heavy atom. The third kappa shape index (κ3) is 3.01. The third-order valence-electron chi connectivity index (χ3n) is 2.55. The molecular formula is C12H13FO4. The number of ether oxygens (including phenoxy) is 2. The summed E-state index contributed by atoms with van der Waals surface area (Å²) in [6.45, 7) is -0.189. The number of halogens is 1. The Hall–Kier alpha value is -1.46. The van der Waals surface area contributed by atoms with Crippen molar-refractivity contribution in [2.24, 2.45) is 0 Å². The quantitative estimate of drug-likeness (QED) is 0.809. The number of aliphatic hydroxyl groups excluding tert-OH is 1. The van der Waals surface area contributed by atoms with E-state index in [1.807, 2.05) is 0 Å². The van der Waals surface area contributed by atoms with Crippen molar-refractivity contribution in [1.82, 2.24) is 0 Å². The maximum absolute atomic E-state index is 13.2. The largest absolute Gasteiger partial charge is 0.459 e. The molecule has 1 aliphatic rings. The van der Waals surface area contributed by atoms with Crippen LogP contribution in [0.15, 0.2) is 30.3 Å². The zero-order valence-corrected chi connectivity index (χ0v) is 9.08. The van der Waals surface area contributed by atoms with Gasteiger partial charge in [-0.3, -0.25) is 0 Å². The lowest BCUT2D eigenvalue weighted by atomic mass is 10.2. The maximum atomic E-state index is 13.2. The predicted molar refractivity (Wildman–Crippen MR) is 57.1 cm³/mol. The van der Waals surface area contributed by atoms with Gasteiger partial charge in [-0.1, -0.05) is 18.2 Å². The second-order valence-electron chi connectivity index (χ2n) is 3.85. The van der Waals surface area contributed by atoms with Crippen LogP contribution in [0, 0.1) is 0 Å². The van der Waals surface area contributed by atoms with Crippen LogP contribution in [-0.4, -0.2) is 36.2 Å². The van der Waals surface area contributed by atoms with Crippen LogP contribution >= 0.6 is 0 Å². The van der Waals surface area contributed by atoms with Crippen LogP contribution in [0.25, 0.3) is 0 Å². The predicted octanol–water partition coefficient (Wildman–Crippen LogP) is 1.29. The van der Waals surface area contributed by atoms with Crippen LogP contribution < -0.4 is 0 Å². The van der Waals surface area contributed by atoms with Crippen molar-refractivity contribution in [3.05, 3.63) is 35.9 Å². The molecule has 1 aromatic carbocycles. The van der Waals surface area contributed by atoms with E-state index in [0.29, 0.717) is 5.56 Å². The van der Waals surface area contributed by atoms with Gasteiger partial charge in [0.15, 0.2) is 6.29 Å². The molecule has 1 fully saturated rings. The van der Waals surface area contributed by atoms with Gasteiger partial charge >= 0.3 is 5.97 Å². The van der Waals surface area contributed by atoms with Crippen LogP contribution in [0.5, 0.6) is 0 Å². The highest BCUT2D eigenvalue weighted by molar-refractivity contribution is 5.89. The SMILES string of the molecule is O=C(OC[C@H]1OC(O)C[C@@H]1F)c1ccccc1. The fourth-order valence-electron chi connectivity index (χ4n) is 1.65. The molecule has 17 heavy (non-hydrogen) atoms. The van der Waals surface area contributed by atoms with Crippen molar-refractivity contribution >= 4 is 5.97 Å². The third-order valence-corrected chi connectivity index (χ3v) is 2.55. The van der Waals surface area contributed by atoms with Crippen LogP contribution in [0.4, 0.5) is 4.39 Å². The van der Waals surface area contributed by atoms with Crippen LogP contribution in [0.1, 0.15) is 16.8 Å². The number of carbonyl (C=O) groups is 1. The first-order valence-electron chi connectivity index (χ1n) is 5.36. The molecule has 0 amide bonds. The highest BCUT2D eigenvalue weighted by Gasteiger charge is 2.35. The summed E-state index contributed by atoms with van der Waals surface area (Å²) >= 11 is 0. The van der Waals surface area contributed by atoms with Crippen molar-refractivity contribution in [2.75, 3.05) is 6.61 Å². The molecule has 1 N–H and O–H groups in total. The van der Waals surface area contributed by atoms with Gasteiger partial charge in [0.2, 0.25) is 0 Å². The lowest BCUT2D eigenvalue weighted by molar-refractivity contribution is -0.106. The molecule has 0 radical (unpaired) electrons. The second-order valence-corrected chi connectivity index (χ2v) is 3.85. The summed E-state index contributed by atoms with van der Waals surface area (Å²) in [5.41, 5.74) is 0.404. The van der Waals surface area contributed by atoms with E-state index in [1.54, 1.807) is 30.3 Å². The zero-order valence-electron chi connectivity index (χ0n) is 9.08. The summed E-state index contributed by atoms with van der Waals surface area (Å²) in [7, 11) is 0. The minimum Gasteiger partial charge on any atom is -0.459 e. The number of alkyl halides is 1. The van der Waals surface area contributed by atoms with E-state index in [4.69, 9.17) is 14.6 Å². The molecular weight excluding hydrogens is 227 g/mol. The molecule has 0 spiro atoms. The van der Waals surface area contributed by atoms with Gasteiger partial charge in [0.1, 0.15) is 18.9 Å². The molecule has 5 heteroatoms. The summed E-state index contributed by atoms with van der Waals surface area (Å²) in [6, 6.07) is 8.43. The van der Waals surface area contributed by atoms with Crippen LogP contribution in [0.3, 0.4) is 0 Å². The van der Waals surface area contributed by atoms with Gasteiger partial charge in [-0.2, -0.15) is 0 Å². The molecule has 1 saturated heterocycles. The summed E-state index contributed by atoms with van der Waals surface area (Å²) < 4.78 is 23.0. The first-order valence-corrected chi connectivity index (χ1v) is 5.36. The van der Waals surface area contributed by atoms with E-state index < -0.39 is 24.5 Å². The van der Waals surface area contributed by atoms with Crippen molar-refractivity contribution < 1.29 is 23.8 Å². The van der Waals surface area contributed by atoms with Gasteiger partial charge in [0.25, 0.3) is 0 Å². The molecule has 0 bridgehead atoms. The average molecular weight is 240 g/mol. The number of hydrogen-bond acceptors (Lipinski definition) is 4. The van der Waals surface area contributed by atoms with Crippen molar-refractivity contribution in [2.45, 2.75) is 25.0 Å². The van der Waals surface area contributed by atoms with Crippen LogP contribution in [-0.2, 0) is 9.47 Å². The molecule has 0 saturated carbocycles. The molecule has 0 aliphatic carbocycles. The highest BCUT2D eigenvalue weighted by Crippen LogP contribution is 2.22. The topological polar surface area (TPSA) is 55.8 Å². The normalized spacial score (nSPS) is 28.0. The van der Waals surface area contributed by atoms with E-state index in [1.165, 1.54) is 0 Å². The number of carbonyl (C=O) groups excluding carboxylic acids is 1. The Balaban J connectivity index is 1.85. The summed E-state index contributed by atoms with van der Waals surface area (Å²) in [5.74, 6) is -0.525. The van der Waals surface area contributed by atoms with Gasteiger partial charge < -0.3 is 14.6 Å². The molecule has 2 rings (SSSR count). The van der Waals surface area contributed by atoms with E-state index >= 15 is 0 Å². The van der Waals surface area contributed by atoms with Gasteiger partial charge in [-0.15, -0.1) is 0 Å². The Morgan fingerprint density at radius 2 is 2.18 bits per heavy atom. The molecule has 1 aromatic rings. The van der Waals surface area contributed by atoms with Crippen molar-refractivity contribution in [3.63, 3.8) is 0 Å². The smallest absolute Gasteiger partial charge is 0.338 e. The Kier molecular flexibility index (Phi) is 3.71. The van der Waals surface area contributed by atoms with E-state index in [2.05, 4.69) is 0 Å². The fraction of sp³-hybridized carbons (Fsp3) is 0.417. The van der Waals surface area contributed by atoms with Gasteiger partial charge in [-0.25, -0.2) is 9.18 Å². The van der Waals surface area contributed by atoms with Crippen molar-refractivity contribution in [1.29, 1.82) is 0 Å². The minimum atomic E-state index is -1.30. The standard InChI is InChI=1S/C12H13FO4/c13-9-6-11(14)17-10(9)7-16-12(15)8-4-2-1-3-5-8/h1-5,9-11,14H,6-7H2/t9-,10+,11?/m0/s1.